The van der Waals surface area contributed by atoms with Crippen molar-refractivity contribution in [3.8, 4) is 33.1 Å². The number of methoxy groups -OCH3 is 2. The number of unbranched alkanes of at least 4 members (excludes halogenated alkanes) is 3. The summed E-state index contributed by atoms with van der Waals surface area (Å²) in [4.78, 5) is 93.8. The van der Waals surface area contributed by atoms with Gasteiger partial charge in [0.1, 0.15) is 39.2 Å². The van der Waals surface area contributed by atoms with Gasteiger partial charge >= 0.3 is 163 Å². The topological polar surface area (TPSA) is 331 Å². The molecule has 0 saturated heterocycles. The molecule has 0 aliphatic rings. The number of ketones is 1. The molecule has 0 fully saturated rings. The van der Waals surface area contributed by atoms with Crippen molar-refractivity contribution < 1.29 is 51.2 Å². The minimum Gasteiger partial charge on any atom is -0.467 e. The van der Waals surface area contributed by atoms with Crippen LogP contribution in [0.5, 0.6) is 0 Å². The largest absolute Gasteiger partial charge is 0.467 e. The summed E-state index contributed by atoms with van der Waals surface area (Å²) in [5, 5.41) is 14.9. The Labute approximate surface area is 836 Å². The summed E-state index contributed by atoms with van der Waals surface area (Å²) in [5.74, 6) is -2.70. The standard InChI is InChI=1S/C28H28ClN5O3S.C21H21BrClNO3S.C8H8ClFN2O.C7H7ClN4.C7H7N4.C6H4ClFN2O.C4HCl2FN2.3C4H9.Sn/c1-14-12-18-24(38-26(31-18)25-30-13-19-22(32-25)15(2)33-34(19)6)21(16-8-10-17(29)11-9-16)20(14)23(27(35)36-7)37-28(3,4)5;1-11-10-14-18(28-20(22)24-14)16(12-6-8-13(23)9-7-12)15(11)17(19(25)26-5)27-21(2,3)4;1-3-13-5(2)7-6(10)4-11-8(9)12-7;1-4-6-5(12(2)11-4)3-9-7(8)10-6;1-5-7-6(11(2)10-5)3-8-4-9-7;1-3(11)5-4(8)2-9-6(7)10-5;5-3-2(7)1-8-4(6)9-3;3*1-3-4-2;/h8-13,23H,1-7H3;6-10,17H,1-5H3;4H,2-3H2,1H3;3H,1-2H3;3H,1-2H3;2H,1H3;1H;3*1,3-4H2,2H3;/t23-;17-;;;;;;;;;/m00........./s1. The van der Waals surface area contributed by atoms with E-state index < -0.39 is 77.0 Å². The minimum absolute atomic E-state index is 0.00171. The van der Waals surface area contributed by atoms with Crippen LogP contribution >= 0.6 is 120 Å². The van der Waals surface area contributed by atoms with E-state index in [-0.39, 0.29) is 43.4 Å². The van der Waals surface area contributed by atoms with E-state index in [9.17, 15) is 27.6 Å². The molecule has 0 saturated carbocycles. The molecule has 0 radical (unpaired) electrons. The van der Waals surface area contributed by atoms with Crippen molar-refractivity contribution >= 4 is 219 Å². The molecule has 135 heavy (non-hydrogen) atoms. The summed E-state index contributed by atoms with van der Waals surface area (Å²) >= 11 is 43.2. The summed E-state index contributed by atoms with van der Waals surface area (Å²) in [7, 11) is 8.46. The predicted molar refractivity (Wildman–Crippen MR) is 537 cm³/mol. The van der Waals surface area contributed by atoms with E-state index >= 15 is 0 Å². The third kappa shape index (κ3) is 28.9. The molecule has 716 valence electrons. The summed E-state index contributed by atoms with van der Waals surface area (Å²) < 4.78 is 79.1. The number of aryl methyl sites for hydroxylation is 8. The van der Waals surface area contributed by atoms with Gasteiger partial charge in [0.05, 0.1) is 94.8 Å². The van der Waals surface area contributed by atoms with Crippen LogP contribution in [0.2, 0.25) is 49.6 Å². The van der Waals surface area contributed by atoms with E-state index in [0.717, 1.165) is 138 Å². The monoisotopic (exact) mass is 2190 g/mol. The summed E-state index contributed by atoms with van der Waals surface area (Å²) in [5.41, 5.74) is 15.4. The quantitative estimate of drug-likeness (QED) is 0.0143. The Hall–Kier alpha value is -9.28. The molecule has 0 unspecified atom stereocenters. The Kier molecular flexibility index (Phi) is 40.0. The molecule has 0 amide bonds. The van der Waals surface area contributed by atoms with Crippen LogP contribution in [-0.4, -0.2) is 167 Å². The van der Waals surface area contributed by atoms with Crippen molar-refractivity contribution in [2.45, 2.75) is 186 Å². The molecular weight excluding hydrogens is 2090 g/mol. The number of carbonyl (C=O) groups excluding carboxylic acids is 3. The van der Waals surface area contributed by atoms with Gasteiger partial charge in [-0.05, 0) is 197 Å². The molecule has 11 aromatic heterocycles. The minimum atomic E-state index is -2.53. The molecule has 28 nitrogen and oxygen atoms in total. The number of Topliss-reactive ketones (excluding diaryl/α,β-unsaturated/α-hetero) is 1. The number of aromatic nitrogens is 20. The SMILES string of the molecule is C=C(OCC)c1nc(Cl)ncc1F.CC(=O)c1nc(Cl)ncc1F.CCC[CH2][Sn]([CH2]CCC)([CH2]CCC)[c]1ncc2c(n1)c(C)nn2C.COC(=O)[C@@H](OC(C)(C)C)c1c(C)cc2nc(-c3ncc4c(n3)c(C)nn4C)sc2c1-c1ccc(Cl)cc1.COC(=O)[C@@H](OC(C)(C)C)c1c(C)cc2nc(Br)sc2c1-c1ccc(Cl)cc1.Cc1nn(C)c2cnc(Cl)nc12.Fc1cnc(Cl)nc1Cl. The molecule has 2 atom stereocenters. The van der Waals surface area contributed by atoms with Crippen molar-refractivity contribution in [3.05, 3.63) is 213 Å². The third-order valence-corrected chi connectivity index (χ3v) is 39.1. The smallest absolute Gasteiger partial charge is 0.339 e. The predicted octanol–water partition coefficient (Wildman–Crippen LogP) is 25.0. The Balaban J connectivity index is 0.000000187. The molecule has 15 aromatic rings. The number of ether oxygens (including phenoxy) is 5. The van der Waals surface area contributed by atoms with Gasteiger partial charge in [-0.1, -0.05) is 65.6 Å². The summed E-state index contributed by atoms with van der Waals surface area (Å²) in [6.45, 7) is 35.1. The third-order valence-electron chi connectivity index (χ3n) is 20.4. The van der Waals surface area contributed by atoms with Gasteiger partial charge in [-0.2, -0.15) is 10.2 Å². The molecule has 15 rings (SSSR count). The van der Waals surface area contributed by atoms with Crippen LogP contribution in [0.4, 0.5) is 13.2 Å². The summed E-state index contributed by atoms with van der Waals surface area (Å²) in [6.07, 6.45) is 14.3. The van der Waals surface area contributed by atoms with Crippen LogP contribution in [0.3, 0.4) is 0 Å². The molecule has 4 aromatic carbocycles. The van der Waals surface area contributed by atoms with E-state index in [0.29, 0.717) is 27.5 Å². The number of fused-ring (bicyclic) bond motifs is 5. The molecule has 0 spiro atoms. The zero-order chi connectivity index (χ0) is 99.4. The van der Waals surface area contributed by atoms with Gasteiger partial charge in [0.25, 0.3) is 0 Å². The van der Waals surface area contributed by atoms with Crippen molar-refractivity contribution in [1.82, 2.24) is 99.1 Å². The van der Waals surface area contributed by atoms with Crippen LogP contribution in [0, 0.1) is 52.1 Å². The van der Waals surface area contributed by atoms with Gasteiger partial charge in [-0.15, -0.1) is 22.7 Å². The first-order chi connectivity index (χ1) is 63.8. The number of hydrogen-bond donors (Lipinski definition) is 0. The van der Waals surface area contributed by atoms with Crippen molar-refractivity contribution in [2.24, 2.45) is 21.1 Å². The Morgan fingerprint density at radius 2 is 0.881 bits per heavy atom. The number of nitrogens with zero attached hydrogens (tertiary/aromatic N) is 20. The number of benzene rings is 4. The molecule has 0 aliphatic heterocycles. The summed E-state index contributed by atoms with van der Waals surface area (Å²) in [6, 6.07) is 19.0. The maximum Gasteiger partial charge on any atom is 0.339 e. The fraction of sp³-hybridized carbons (Fsp3) is 0.376. The molecule has 0 N–H and O–H groups in total. The van der Waals surface area contributed by atoms with E-state index in [1.165, 1.54) is 99.5 Å². The van der Waals surface area contributed by atoms with Gasteiger partial charge in [0.15, 0.2) is 55.3 Å². The number of halogens is 11. The van der Waals surface area contributed by atoms with Crippen molar-refractivity contribution in [3.63, 3.8) is 0 Å². The van der Waals surface area contributed by atoms with Gasteiger partial charge < -0.3 is 23.7 Å². The van der Waals surface area contributed by atoms with Gasteiger partial charge in [0, 0.05) is 53.3 Å². The van der Waals surface area contributed by atoms with E-state index in [4.69, 9.17) is 125 Å². The average Bonchev–Trinajstić information content (AvgIpc) is 1.64. The zero-order valence-corrected chi connectivity index (χ0v) is 89.7. The Bertz CT molecular complexity index is 6710. The number of thiazole rings is 2. The zero-order valence-electron chi connectivity index (χ0n) is 78.4. The van der Waals surface area contributed by atoms with Crippen molar-refractivity contribution in [1.29, 1.82) is 0 Å². The van der Waals surface area contributed by atoms with Crippen molar-refractivity contribution in [2.75, 3.05) is 20.8 Å². The van der Waals surface area contributed by atoms with Gasteiger partial charge in [0.2, 0.25) is 21.1 Å². The van der Waals surface area contributed by atoms with E-state index in [2.05, 4.69) is 115 Å². The molecule has 0 aliphatic carbocycles. The first-order valence-electron chi connectivity index (χ1n) is 42.5. The van der Waals surface area contributed by atoms with Crippen LogP contribution in [0.15, 0.2) is 108 Å². The molecule has 42 heteroatoms. The van der Waals surface area contributed by atoms with Crippen LogP contribution in [0.25, 0.3) is 92.4 Å². The number of esters is 2. The van der Waals surface area contributed by atoms with E-state index in [1.807, 2.05) is 162 Å². The molecule has 11 heterocycles. The fourth-order valence-electron chi connectivity index (χ4n) is 14.3. The Morgan fingerprint density at radius 1 is 0.496 bits per heavy atom. The Morgan fingerprint density at radius 3 is 1.30 bits per heavy atom. The number of rotatable bonds is 23. The number of hydrogen-bond acceptors (Lipinski definition) is 27. The van der Waals surface area contributed by atoms with Gasteiger partial charge in [-0.25, -0.2) is 82.6 Å². The van der Waals surface area contributed by atoms with Crippen LogP contribution in [-0.2, 0) is 54.4 Å². The maximum atomic E-state index is 13.1. The second kappa shape index (κ2) is 49.3. The second-order valence-corrected chi connectivity index (χ2v) is 51.5. The first-order valence-corrected chi connectivity index (χ1v) is 55.1. The maximum absolute atomic E-state index is 13.1. The second-order valence-electron chi connectivity index (χ2n) is 32.7. The average molecular weight is 2200 g/mol. The molecule has 0 bridgehead atoms. The van der Waals surface area contributed by atoms with E-state index in [1.54, 1.807) is 28.7 Å². The number of carbonyl (C=O) groups is 3. The first kappa shape index (κ1) is 109. The van der Waals surface area contributed by atoms with Gasteiger partial charge in [-0.3, -0.25) is 14.2 Å². The van der Waals surface area contributed by atoms with Crippen LogP contribution in [0.1, 0.15) is 182 Å². The van der Waals surface area contributed by atoms with Crippen LogP contribution < -0.4 is 3.84 Å². The fourth-order valence-corrected chi connectivity index (χ4v) is 32.6. The normalized spacial score (nSPS) is 11.8. The molecular formula is C93H103BrCl7F3N20O8S2Sn.